The summed E-state index contributed by atoms with van der Waals surface area (Å²) in [5.41, 5.74) is 1.37. The SMILES string of the molecule is CN1CCN(c2cc(C(=O)NCc3ccc(Cl)cc3)ncn2)CC1. The number of likely N-dealkylation sites (N-methyl/N-ethyl adjacent to an activating group) is 1. The summed E-state index contributed by atoms with van der Waals surface area (Å²) in [4.78, 5) is 25.2. The van der Waals surface area contributed by atoms with Crippen LogP contribution in [-0.2, 0) is 6.54 Å². The summed E-state index contributed by atoms with van der Waals surface area (Å²) in [6, 6.07) is 9.14. The molecule has 0 radical (unpaired) electrons. The van der Waals surface area contributed by atoms with Gasteiger partial charge in [0.25, 0.3) is 5.91 Å². The lowest BCUT2D eigenvalue weighted by atomic mass is 10.2. The smallest absolute Gasteiger partial charge is 0.270 e. The minimum absolute atomic E-state index is 0.206. The van der Waals surface area contributed by atoms with Crippen LogP contribution in [-0.4, -0.2) is 54.0 Å². The molecule has 1 amide bonds. The molecule has 126 valence electrons. The molecule has 0 saturated carbocycles. The number of anilines is 1. The van der Waals surface area contributed by atoms with E-state index in [0.29, 0.717) is 17.3 Å². The van der Waals surface area contributed by atoms with Crippen molar-refractivity contribution < 1.29 is 4.79 Å². The van der Waals surface area contributed by atoms with Gasteiger partial charge < -0.3 is 15.1 Å². The fourth-order valence-corrected chi connectivity index (χ4v) is 2.68. The predicted octanol–water partition coefficient (Wildman–Crippen LogP) is 1.81. The molecule has 2 aromatic rings. The van der Waals surface area contributed by atoms with Crippen molar-refractivity contribution >= 4 is 23.3 Å². The van der Waals surface area contributed by atoms with E-state index in [9.17, 15) is 4.79 Å². The van der Waals surface area contributed by atoms with Gasteiger partial charge in [0.15, 0.2) is 0 Å². The third-order valence-corrected chi connectivity index (χ3v) is 4.33. The Kier molecular flexibility index (Phi) is 5.27. The van der Waals surface area contributed by atoms with Crippen molar-refractivity contribution in [3.8, 4) is 0 Å². The van der Waals surface area contributed by atoms with E-state index in [1.54, 1.807) is 18.2 Å². The second kappa shape index (κ2) is 7.59. The second-order valence-electron chi connectivity index (χ2n) is 5.86. The lowest BCUT2D eigenvalue weighted by molar-refractivity contribution is 0.0945. The van der Waals surface area contributed by atoms with Gasteiger partial charge in [-0.15, -0.1) is 0 Å². The standard InChI is InChI=1S/C17H20ClN5O/c1-22-6-8-23(9-7-22)16-10-15(20-12-21-16)17(24)19-11-13-2-4-14(18)5-3-13/h2-5,10,12H,6-9,11H2,1H3,(H,19,24). The molecule has 6 nitrogen and oxygen atoms in total. The van der Waals surface area contributed by atoms with Crippen molar-refractivity contribution in [3.63, 3.8) is 0 Å². The number of amides is 1. The highest BCUT2D eigenvalue weighted by atomic mass is 35.5. The fourth-order valence-electron chi connectivity index (χ4n) is 2.55. The number of halogens is 1. The minimum Gasteiger partial charge on any atom is -0.354 e. The van der Waals surface area contributed by atoms with Crippen molar-refractivity contribution in [2.45, 2.75) is 6.54 Å². The average molecular weight is 346 g/mol. The Hall–Kier alpha value is -2.18. The molecule has 1 aliphatic rings. The third kappa shape index (κ3) is 4.21. The number of carbonyl (C=O) groups is 1. The molecule has 3 rings (SSSR count). The van der Waals surface area contributed by atoms with Gasteiger partial charge in [-0.1, -0.05) is 23.7 Å². The summed E-state index contributed by atoms with van der Waals surface area (Å²) in [6.45, 7) is 4.22. The summed E-state index contributed by atoms with van der Waals surface area (Å²) >= 11 is 5.86. The van der Waals surface area contributed by atoms with E-state index >= 15 is 0 Å². The summed E-state index contributed by atoms with van der Waals surface area (Å²) in [5, 5.41) is 3.55. The molecular formula is C17H20ClN5O. The topological polar surface area (TPSA) is 61.4 Å². The molecule has 0 unspecified atom stereocenters. The Balaban J connectivity index is 1.62. The van der Waals surface area contributed by atoms with Crippen LogP contribution in [0.3, 0.4) is 0 Å². The van der Waals surface area contributed by atoms with Crippen molar-refractivity contribution in [3.05, 3.63) is 52.9 Å². The van der Waals surface area contributed by atoms with E-state index in [-0.39, 0.29) is 5.91 Å². The lowest BCUT2D eigenvalue weighted by Crippen LogP contribution is -2.44. The molecule has 1 aromatic carbocycles. The molecule has 1 fully saturated rings. The first kappa shape index (κ1) is 16.7. The molecule has 24 heavy (non-hydrogen) atoms. The molecule has 0 spiro atoms. The molecule has 1 N–H and O–H groups in total. The van der Waals surface area contributed by atoms with Crippen LogP contribution in [0, 0.1) is 0 Å². The molecule has 2 heterocycles. The first-order valence-corrected chi connectivity index (χ1v) is 8.28. The van der Waals surface area contributed by atoms with Gasteiger partial charge in [-0.25, -0.2) is 9.97 Å². The number of hydrogen-bond donors (Lipinski definition) is 1. The van der Waals surface area contributed by atoms with E-state index in [1.807, 2.05) is 12.1 Å². The molecule has 0 bridgehead atoms. The largest absolute Gasteiger partial charge is 0.354 e. The van der Waals surface area contributed by atoms with Crippen molar-refractivity contribution in [1.29, 1.82) is 0 Å². The maximum Gasteiger partial charge on any atom is 0.270 e. The van der Waals surface area contributed by atoms with Gasteiger partial charge in [-0.2, -0.15) is 0 Å². The van der Waals surface area contributed by atoms with Gasteiger partial charge in [0, 0.05) is 43.8 Å². The number of nitrogens with zero attached hydrogens (tertiary/aromatic N) is 4. The number of piperazine rings is 1. The Morgan fingerprint density at radius 3 is 2.58 bits per heavy atom. The number of rotatable bonds is 4. The summed E-state index contributed by atoms with van der Waals surface area (Å²) in [7, 11) is 2.10. The van der Waals surface area contributed by atoms with Crippen LogP contribution < -0.4 is 10.2 Å². The van der Waals surface area contributed by atoms with Crippen LogP contribution in [0.15, 0.2) is 36.7 Å². The minimum atomic E-state index is -0.206. The fraction of sp³-hybridized carbons (Fsp3) is 0.353. The van der Waals surface area contributed by atoms with Gasteiger partial charge in [0.1, 0.15) is 17.8 Å². The monoisotopic (exact) mass is 345 g/mol. The van der Waals surface area contributed by atoms with Gasteiger partial charge in [0.2, 0.25) is 0 Å². The van der Waals surface area contributed by atoms with Crippen LogP contribution in [0.25, 0.3) is 0 Å². The molecule has 7 heteroatoms. The van der Waals surface area contributed by atoms with Gasteiger partial charge >= 0.3 is 0 Å². The summed E-state index contributed by atoms with van der Waals surface area (Å²) in [5.74, 6) is 0.595. The normalized spacial score (nSPS) is 15.3. The quantitative estimate of drug-likeness (QED) is 0.915. The predicted molar refractivity (Wildman–Crippen MR) is 94.4 cm³/mol. The Morgan fingerprint density at radius 1 is 1.17 bits per heavy atom. The Morgan fingerprint density at radius 2 is 1.88 bits per heavy atom. The van der Waals surface area contributed by atoms with Gasteiger partial charge in [0.05, 0.1) is 0 Å². The first-order chi connectivity index (χ1) is 11.6. The number of carbonyl (C=O) groups excluding carboxylic acids is 1. The molecule has 1 saturated heterocycles. The molecule has 1 aromatic heterocycles. The van der Waals surface area contributed by atoms with E-state index in [4.69, 9.17) is 11.6 Å². The molecule has 1 aliphatic heterocycles. The molecular weight excluding hydrogens is 326 g/mol. The van der Waals surface area contributed by atoms with Crippen LogP contribution in [0.4, 0.5) is 5.82 Å². The summed E-state index contributed by atoms with van der Waals surface area (Å²) in [6.07, 6.45) is 1.45. The first-order valence-electron chi connectivity index (χ1n) is 7.90. The number of hydrogen-bond acceptors (Lipinski definition) is 5. The van der Waals surface area contributed by atoms with Gasteiger partial charge in [-0.3, -0.25) is 4.79 Å². The van der Waals surface area contributed by atoms with Crippen LogP contribution in [0.5, 0.6) is 0 Å². The van der Waals surface area contributed by atoms with Gasteiger partial charge in [-0.05, 0) is 24.7 Å². The van der Waals surface area contributed by atoms with E-state index < -0.39 is 0 Å². The van der Waals surface area contributed by atoms with E-state index in [0.717, 1.165) is 37.6 Å². The molecule has 0 aliphatic carbocycles. The number of benzene rings is 1. The molecule has 0 atom stereocenters. The third-order valence-electron chi connectivity index (χ3n) is 4.08. The maximum absolute atomic E-state index is 12.3. The van der Waals surface area contributed by atoms with Crippen LogP contribution in [0.2, 0.25) is 5.02 Å². The Bertz CT molecular complexity index is 698. The highest BCUT2D eigenvalue weighted by Crippen LogP contribution is 2.14. The van der Waals surface area contributed by atoms with E-state index in [2.05, 4.69) is 32.1 Å². The summed E-state index contributed by atoms with van der Waals surface area (Å²) < 4.78 is 0. The number of nitrogens with one attached hydrogen (secondary N) is 1. The zero-order valence-corrected chi connectivity index (χ0v) is 14.3. The Labute approximate surface area is 146 Å². The van der Waals surface area contributed by atoms with Crippen molar-refractivity contribution in [2.24, 2.45) is 0 Å². The second-order valence-corrected chi connectivity index (χ2v) is 6.30. The number of aromatic nitrogens is 2. The van der Waals surface area contributed by atoms with Crippen LogP contribution in [0.1, 0.15) is 16.1 Å². The highest BCUT2D eigenvalue weighted by molar-refractivity contribution is 6.30. The van der Waals surface area contributed by atoms with E-state index in [1.165, 1.54) is 6.33 Å². The van der Waals surface area contributed by atoms with Crippen molar-refractivity contribution in [2.75, 3.05) is 38.1 Å². The highest BCUT2D eigenvalue weighted by Gasteiger charge is 2.17. The lowest BCUT2D eigenvalue weighted by Gasteiger charge is -2.33. The average Bonchev–Trinajstić information content (AvgIpc) is 2.62. The van der Waals surface area contributed by atoms with Crippen molar-refractivity contribution in [1.82, 2.24) is 20.2 Å². The maximum atomic E-state index is 12.3. The zero-order valence-electron chi connectivity index (χ0n) is 13.6. The van der Waals surface area contributed by atoms with Crippen LogP contribution >= 0.6 is 11.6 Å². The zero-order chi connectivity index (χ0) is 16.9.